The van der Waals surface area contributed by atoms with Crippen LogP contribution in [0.4, 0.5) is 0 Å². The molecule has 0 aliphatic heterocycles. The van der Waals surface area contributed by atoms with E-state index >= 15 is 0 Å². The molecule has 2 rings (SSSR count). The highest BCUT2D eigenvalue weighted by atomic mass is 79.9. The number of ether oxygens (including phenoxy) is 2. The largest absolute Gasteiger partial charge is 1.00 e. The molecule has 0 spiro atoms. The molecule has 0 aliphatic rings. The molecule has 1 heterocycles. The average Bonchev–Trinajstić information content (AvgIpc) is 2.92. The second-order valence-corrected chi connectivity index (χ2v) is 4.55. The summed E-state index contributed by atoms with van der Waals surface area (Å²) in [7, 11) is 3.03. The van der Waals surface area contributed by atoms with Gasteiger partial charge in [-0.2, -0.15) is 0 Å². The number of nitrogens with zero attached hydrogens (tertiary/aromatic N) is 2. The Morgan fingerprint density at radius 3 is 2.45 bits per heavy atom. The fraction of sp³-hybridized carbons (Fsp3) is 0.267. The Morgan fingerprint density at radius 1 is 1.23 bits per heavy atom. The number of aryl methyl sites for hydroxylation is 1. The van der Waals surface area contributed by atoms with E-state index in [-0.39, 0.29) is 23.6 Å². The van der Waals surface area contributed by atoms with Crippen LogP contribution in [0, 0.1) is 0 Å². The van der Waals surface area contributed by atoms with E-state index in [0.717, 1.165) is 5.56 Å². The first-order valence-corrected chi connectivity index (χ1v) is 6.43. The molecular formula is C15H17BrN2O4. The zero-order chi connectivity index (χ0) is 15.2. The lowest BCUT2D eigenvalue weighted by molar-refractivity contribution is -0.671. The van der Waals surface area contributed by atoms with Crippen molar-refractivity contribution >= 4 is 11.9 Å². The van der Waals surface area contributed by atoms with Gasteiger partial charge in [-0.25, -0.2) is 18.7 Å². The summed E-state index contributed by atoms with van der Waals surface area (Å²) >= 11 is 0. The molecular weight excluding hydrogens is 352 g/mol. The Labute approximate surface area is 139 Å². The molecule has 118 valence electrons. The van der Waals surface area contributed by atoms with E-state index in [1.54, 1.807) is 30.3 Å². The number of carbonyl (C=O) groups is 2. The van der Waals surface area contributed by atoms with Gasteiger partial charge in [-0.1, -0.05) is 30.3 Å². The molecule has 7 heteroatoms. The SMILES string of the molecule is COC(=O)[C@@H](C(=O)OCc1ccccc1)n1cc[n+](C)c1.[Br-]. The van der Waals surface area contributed by atoms with Crippen LogP contribution in [0.5, 0.6) is 0 Å². The third-order valence-corrected chi connectivity index (χ3v) is 2.96. The van der Waals surface area contributed by atoms with Crippen LogP contribution in [-0.2, 0) is 32.7 Å². The highest BCUT2D eigenvalue weighted by molar-refractivity contribution is 5.97. The van der Waals surface area contributed by atoms with E-state index in [2.05, 4.69) is 4.74 Å². The number of imidazole rings is 1. The molecule has 0 saturated heterocycles. The fourth-order valence-electron chi connectivity index (χ4n) is 1.88. The molecule has 0 radical (unpaired) electrons. The molecule has 0 aliphatic carbocycles. The molecule has 1 atom stereocenters. The lowest BCUT2D eigenvalue weighted by Gasteiger charge is -2.11. The van der Waals surface area contributed by atoms with Gasteiger partial charge in [0.15, 0.2) is 0 Å². The topological polar surface area (TPSA) is 61.4 Å². The third-order valence-electron chi connectivity index (χ3n) is 2.96. The van der Waals surface area contributed by atoms with E-state index in [1.807, 2.05) is 30.3 Å². The lowest BCUT2D eigenvalue weighted by atomic mass is 10.2. The van der Waals surface area contributed by atoms with Gasteiger partial charge in [0.25, 0.3) is 6.04 Å². The Bertz CT molecular complexity index is 627. The number of aromatic nitrogens is 2. The zero-order valence-corrected chi connectivity index (χ0v) is 13.9. The maximum absolute atomic E-state index is 12.2. The quantitative estimate of drug-likeness (QED) is 0.340. The number of hydrogen-bond donors (Lipinski definition) is 0. The minimum absolute atomic E-state index is 0. The average molecular weight is 369 g/mol. The number of halogens is 1. The number of benzene rings is 1. The summed E-state index contributed by atoms with van der Waals surface area (Å²) in [5.74, 6) is -1.31. The number of hydrogen-bond acceptors (Lipinski definition) is 4. The summed E-state index contributed by atoms with van der Waals surface area (Å²) in [5.41, 5.74) is 0.854. The first-order valence-electron chi connectivity index (χ1n) is 6.43. The Kier molecular flexibility index (Phi) is 6.78. The van der Waals surface area contributed by atoms with Crippen molar-refractivity contribution in [2.75, 3.05) is 7.11 Å². The van der Waals surface area contributed by atoms with Gasteiger partial charge in [0.1, 0.15) is 19.0 Å². The van der Waals surface area contributed by atoms with E-state index < -0.39 is 18.0 Å². The van der Waals surface area contributed by atoms with Crippen molar-refractivity contribution in [3.63, 3.8) is 0 Å². The maximum atomic E-state index is 12.2. The number of methoxy groups -OCH3 is 1. The van der Waals surface area contributed by atoms with Gasteiger partial charge < -0.3 is 26.5 Å². The number of esters is 2. The van der Waals surface area contributed by atoms with E-state index in [4.69, 9.17) is 4.74 Å². The van der Waals surface area contributed by atoms with Gasteiger partial charge in [-0.15, -0.1) is 0 Å². The molecule has 0 bridgehead atoms. The Hall–Kier alpha value is -2.15. The van der Waals surface area contributed by atoms with Gasteiger partial charge in [0.05, 0.1) is 14.2 Å². The fourth-order valence-corrected chi connectivity index (χ4v) is 1.88. The van der Waals surface area contributed by atoms with Gasteiger partial charge >= 0.3 is 11.9 Å². The molecule has 0 N–H and O–H groups in total. The summed E-state index contributed by atoms with van der Waals surface area (Å²) in [5, 5.41) is 0. The van der Waals surface area contributed by atoms with Gasteiger partial charge in [0.2, 0.25) is 6.33 Å². The van der Waals surface area contributed by atoms with Crippen molar-refractivity contribution in [3.8, 4) is 0 Å². The minimum Gasteiger partial charge on any atom is -1.00 e. The van der Waals surface area contributed by atoms with Crippen LogP contribution in [0.1, 0.15) is 11.6 Å². The van der Waals surface area contributed by atoms with Crippen LogP contribution in [-0.4, -0.2) is 23.6 Å². The van der Waals surface area contributed by atoms with Crippen molar-refractivity contribution in [3.05, 3.63) is 54.6 Å². The zero-order valence-electron chi connectivity index (χ0n) is 12.3. The van der Waals surface area contributed by atoms with E-state index in [9.17, 15) is 9.59 Å². The van der Waals surface area contributed by atoms with Crippen molar-refractivity contribution in [1.29, 1.82) is 0 Å². The van der Waals surface area contributed by atoms with Crippen LogP contribution < -0.4 is 21.5 Å². The van der Waals surface area contributed by atoms with Crippen molar-refractivity contribution in [2.24, 2.45) is 7.05 Å². The molecule has 0 amide bonds. The van der Waals surface area contributed by atoms with Gasteiger partial charge in [-0.3, -0.25) is 0 Å². The molecule has 2 aromatic rings. The second kappa shape index (κ2) is 8.33. The molecule has 1 aromatic carbocycles. The third kappa shape index (κ3) is 4.42. The van der Waals surface area contributed by atoms with Crippen LogP contribution in [0.2, 0.25) is 0 Å². The summed E-state index contributed by atoms with van der Waals surface area (Å²) in [4.78, 5) is 24.0. The predicted octanol–water partition coefficient (Wildman–Crippen LogP) is -2.23. The summed E-state index contributed by atoms with van der Waals surface area (Å²) < 4.78 is 13.1. The molecule has 22 heavy (non-hydrogen) atoms. The first kappa shape index (κ1) is 17.9. The second-order valence-electron chi connectivity index (χ2n) is 4.55. The summed E-state index contributed by atoms with van der Waals surface area (Å²) in [6.45, 7) is 0.112. The van der Waals surface area contributed by atoms with Gasteiger partial charge in [-0.05, 0) is 5.56 Å². The van der Waals surface area contributed by atoms with Gasteiger partial charge in [0, 0.05) is 0 Å². The summed E-state index contributed by atoms with van der Waals surface area (Å²) in [6.07, 6.45) is 4.96. The normalized spacial score (nSPS) is 11.2. The van der Waals surface area contributed by atoms with Crippen LogP contribution in [0.15, 0.2) is 49.1 Å². The summed E-state index contributed by atoms with van der Waals surface area (Å²) in [6, 6.07) is 8.13. The van der Waals surface area contributed by atoms with Crippen molar-refractivity contribution in [2.45, 2.75) is 12.6 Å². The maximum Gasteiger partial charge on any atom is 0.364 e. The Morgan fingerprint density at radius 2 is 1.91 bits per heavy atom. The lowest BCUT2D eigenvalue weighted by Crippen LogP contribution is -3.00. The molecule has 0 fully saturated rings. The molecule has 0 saturated carbocycles. The smallest absolute Gasteiger partial charge is 0.364 e. The van der Waals surface area contributed by atoms with Crippen molar-refractivity contribution < 1.29 is 40.6 Å². The van der Waals surface area contributed by atoms with Crippen LogP contribution in [0.25, 0.3) is 0 Å². The standard InChI is InChI=1S/C15H17N2O4.BrH/c1-16-8-9-17(11-16)13(14(18)20-2)15(19)21-10-12-6-4-3-5-7-12;/h3-9,11,13H,10H2,1-2H3;1H/q+1;/p-1/t13-;/m0./s1. The highest BCUT2D eigenvalue weighted by Crippen LogP contribution is 2.12. The molecule has 6 nitrogen and oxygen atoms in total. The Balaban J connectivity index is 0.00000242. The monoisotopic (exact) mass is 368 g/mol. The van der Waals surface area contributed by atoms with Crippen molar-refractivity contribution in [1.82, 2.24) is 4.57 Å². The number of carbonyl (C=O) groups excluding carboxylic acids is 2. The van der Waals surface area contributed by atoms with E-state index in [0.29, 0.717) is 0 Å². The minimum atomic E-state index is -1.14. The van der Waals surface area contributed by atoms with E-state index in [1.165, 1.54) is 11.7 Å². The highest BCUT2D eigenvalue weighted by Gasteiger charge is 2.35. The number of rotatable bonds is 5. The first-order chi connectivity index (χ1) is 10.1. The molecule has 0 unspecified atom stereocenters. The van der Waals surface area contributed by atoms with Crippen LogP contribution >= 0.6 is 0 Å². The molecule has 1 aromatic heterocycles. The van der Waals surface area contributed by atoms with Crippen LogP contribution in [0.3, 0.4) is 0 Å². The predicted molar refractivity (Wildman–Crippen MR) is 72.9 cm³/mol.